The van der Waals surface area contributed by atoms with E-state index in [2.05, 4.69) is 45.2 Å². The first-order chi connectivity index (χ1) is 6.99. The molecule has 0 bridgehead atoms. The second kappa shape index (κ2) is 5.58. The molecule has 1 rings (SSSR count). The second-order valence-corrected chi connectivity index (χ2v) is 6.31. The van der Waals surface area contributed by atoms with Gasteiger partial charge in [0.15, 0.2) is 0 Å². The highest BCUT2D eigenvalue weighted by Crippen LogP contribution is 2.30. The van der Waals surface area contributed by atoms with E-state index in [0.29, 0.717) is 11.3 Å². The zero-order valence-corrected chi connectivity index (χ0v) is 11.7. The Labute approximate surface area is 101 Å². The maximum Gasteiger partial charge on any atom is 0.00932 e. The third kappa shape index (κ3) is 3.67. The van der Waals surface area contributed by atoms with Crippen LogP contribution >= 0.6 is 12.6 Å². The molecular weight excluding hydrogens is 202 g/mol. The van der Waals surface area contributed by atoms with E-state index < -0.39 is 0 Å². The molecule has 1 saturated heterocycles. The van der Waals surface area contributed by atoms with E-state index in [1.807, 2.05) is 0 Å². The lowest BCUT2D eigenvalue weighted by Crippen LogP contribution is -2.39. The van der Waals surface area contributed by atoms with Crippen LogP contribution in [-0.4, -0.2) is 29.8 Å². The molecule has 15 heavy (non-hydrogen) atoms. The van der Waals surface area contributed by atoms with Gasteiger partial charge in [-0.2, -0.15) is 12.6 Å². The van der Waals surface area contributed by atoms with E-state index in [4.69, 9.17) is 0 Å². The molecule has 0 aliphatic carbocycles. The Morgan fingerprint density at radius 3 is 2.53 bits per heavy atom. The van der Waals surface area contributed by atoms with Gasteiger partial charge in [0.25, 0.3) is 0 Å². The fraction of sp³-hybridized carbons (Fsp3) is 1.00. The summed E-state index contributed by atoms with van der Waals surface area (Å²) < 4.78 is 0. The topological polar surface area (TPSA) is 3.24 Å². The van der Waals surface area contributed by atoms with E-state index in [1.54, 1.807) is 0 Å². The van der Waals surface area contributed by atoms with Gasteiger partial charge in [-0.1, -0.05) is 27.7 Å². The summed E-state index contributed by atoms with van der Waals surface area (Å²) in [7, 11) is 0. The average molecular weight is 229 g/mol. The Bertz CT molecular complexity index is 185. The molecule has 1 nitrogen and oxygen atoms in total. The van der Waals surface area contributed by atoms with Crippen LogP contribution in [0.5, 0.6) is 0 Å². The summed E-state index contributed by atoms with van der Waals surface area (Å²) in [6, 6.07) is 0.842. The first-order valence-corrected chi connectivity index (χ1v) is 6.97. The van der Waals surface area contributed by atoms with Crippen LogP contribution in [0.1, 0.15) is 47.0 Å². The first kappa shape index (κ1) is 13.4. The van der Waals surface area contributed by atoms with Crippen LogP contribution in [0, 0.1) is 11.3 Å². The van der Waals surface area contributed by atoms with Gasteiger partial charge in [-0.15, -0.1) is 0 Å². The molecule has 0 saturated carbocycles. The standard InChI is InChI=1S/C13H27NS/c1-5-12-7-6-8-14(12)9-11(10-15)13(2,3)4/h11-12,15H,5-10H2,1-4H3. The van der Waals surface area contributed by atoms with Crippen molar-refractivity contribution in [2.75, 3.05) is 18.8 Å². The summed E-state index contributed by atoms with van der Waals surface area (Å²) in [5.74, 6) is 1.73. The van der Waals surface area contributed by atoms with Crippen LogP contribution in [0.25, 0.3) is 0 Å². The number of hydrogen-bond donors (Lipinski definition) is 1. The zero-order valence-electron chi connectivity index (χ0n) is 10.8. The Morgan fingerprint density at radius 1 is 1.40 bits per heavy atom. The largest absolute Gasteiger partial charge is 0.300 e. The van der Waals surface area contributed by atoms with Gasteiger partial charge in [0.05, 0.1) is 0 Å². The number of nitrogens with zero attached hydrogens (tertiary/aromatic N) is 1. The highest BCUT2D eigenvalue weighted by Gasteiger charge is 2.30. The van der Waals surface area contributed by atoms with Crippen molar-refractivity contribution in [1.82, 2.24) is 4.90 Å². The molecule has 0 amide bonds. The Hall–Kier alpha value is 0.310. The molecule has 1 heterocycles. The van der Waals surface area contributed by atoms with Gasteiger partial charge in [-0.05, 0) is 42.9 Å². The van der Waals surface area contributed by atoms with E-state index in [9.17, 15) is 0 Å². The van der Waals surface area contributed by atoms with E-state index >= 15 is 0 Å². The molecule has 2 atom stereocenters. The predicted molar refractivity (Wildman–Crippen MR) is 71.7 cm³/mol. The van der Waals surface area contributed by atoms with Crippen LogP contribution in [0.2, 0.25) is 0 Å². The normalized spacial score (nSPS) is 25.8. The minimum Gasteiger partial charge on any atom is -0.300 e. The second-order valence-electron chi connectivity index (χ2n) is 5.94. The monoisotopic (exact) mass is 229 g/mol. The third-order valence-electron chi connectivity index (χ3n) is 3.87. The molecule has 0 radical (unpaired) electrons. The van der Waals surface area contributed by atoms with Crippen LogP contribution in [0.4, 0.5) is 0 Å². The third-order valence-corrected chi connectivity index (χ3v) is 4.31. The van der Waals surface area contributed by atoms with E-state index in [-0.39, 0.29) is 0 Å². The van der Waals surface area contributed by atoms with E-state index in [1.165, 1.54) is 32.4 Å². The Morgan fingerprint density at radius 2 is 2.07 bits per heavy atom. The van der Waals surface area contributed by atoms with Crippen molar-refractivity contribution in [1.29, 1.82) is 0 Å². The average Bonchev–Trinajstić information content (AvgIpc) is 2.59. The first-order valence-electron chi connectivity index (χ1n) is 6.34. The Balaban J connectivity index is 2.51. The quantitative estimate of drug-likeness (QED) is 0.723. The van der Waals surface area contributed by atoms with Crippen LogP contribution in [-0.2, 0) is 0 Å². The van der Waals surface area contributed by atoms with Gasteiger partial charge >= 0.3 is 0 Å². The molecule has 2 heteroatoms. The maximum absolute atomic E-state index is 4.51. The van der Waals surface area contributed by atoms with Crippen molar-refractivity contribution in [2.24, 2.45) is 11.3 Å². The highest BCUT2D eigenvalue weighted by atomic mass is 32.1. The van der Waals surface area contributed by atoms with Crippen molar-refractivity contribution in [3.63, 3.8) is 0 Å². The lowest BCUT2D eigenvalue weighted by atomic mass is 9.81. The minimum absolute atomic E-state index is 0.391. The molecule has 90 valence electrons. The van der Waals surface area contributed by atoms with Crippen molar-refractivity contribution in [3.05, 3.63) is 0 Å². The molecule has 1 fully saturated rings. The summed E-state index contributed by atoms with van der Waals surface area (Å²) in [5.41, 5.74) is 0.391. The number of hydrogen-bond acceptors (Lipinski definition) is 2. The predicted octanol–water partition coefficient (Wildman–Crippen LogP) is 3.45. The lowest BCUT2D eigenvalue weighted by Gasteiger charge is -2.35. The van der Waals surface area contributed by atoms with Gasteiger partial charge < -0.3 is 4.90 Å². The van der Waals surface area contributed by atoms with Gasteiger partial charge in [0.1, 0.15) is 0 Å². The highest BCUT2D eigenvalue weighted by molar-refractivity contribution is 7.80. The summed E-state index contributed by atoms with van der Waals surface area (Å²) in [4.78, 5) is 2.69. The van der Waals surface area contributed by atoms with E-state index in [0.717, 1.165) is 11.8 Å². The Kier molecular flexibility index (Phi) is 4.98. The zero-order chi connectivity index (χ0) is 11.5. The molecule has 1 aliphatic heterocycles. The lowest BCUT2D eigenvalue weighted by molar-refractivity contribution is 0.153. The molecule has 2 unspecified atom stereocenters. The number of likely N-dealkylation sites (tertiary alicyclic amines) is 1. The summed E-state index contributed by atoms with van der Waals surface area (Å²) in [6.07, 6.45) is 4.10. The SMILES string of the molecule is CCC1CCCN1CC(CS)C(C)(C)C. The molecule has 0 aromatic rings. The van der Waals surface area contributed by atoms with Crippen LogP contribution < -0.4 is 0 Å². The summed E-state index contributed by atoms with van der Waals surface area (Å²) in [5, 5.41) is 0. The van der Waals surface area contributed by atoms with Crippen molar-refractivity contribution in [3.8, 4) is 0 Å². The number of thiol groups is 1. The van der Waals surface area contributed by atoms with Gasteiger partial charge in [0, 0.05) is 12.6 Å². The molecule has 0 aromatic carbocycles. The molecule has 0 N–H and O–H groups in total. The summed E-state index contributed by atoms with van der Waals surface area (Å²) in [6.45, 7) is 11.9. The molecule has 0 spiro atoms. The molecule has 0 aromatic heterocycles. The molecular formula is C13H27NS. The number of rotatable bonds is 4. The van der Waals surface area contributed by atoms with Gasteiger partial charge in [-0.3, -0.25) is 0 Å². The maximum atomic E-state index is 4.51. The van der Waals surface area contributed by atoms with Gasteiger partial charge in [0.2, 0.25) is 0 Å². The van der Waals surface area contributed by atoms with Crippen molar-refractivity contribution >= 4 is 12.6 Å². The van der Waals surface area contributed by atoms with Crippen LogP contribution in [0.3, 0.4) is 0 Å². The minimum atomic E-state index is 0.391. The molecule has 1 aliphatic rings. The van der Waals surface area contributed by atoms with Crippen molar-refractivity contribution in [2.45, 2.75) is 53.0 Å². The fourth-order valence-electron chi connectivity index (χ4n) is 2.49. The van der Waals surface area contributed by atoms with Crippen molar-refractivity contribution < 1.29 is 0 Å². The van der Waals surface area contributed by atoms with Gasteiger partial charge in [-0.25, -0.2) is 0 Å². The van der Waals surface area contributed by atoms with Crippen LogP contribution in [0.15, 0.2) is 0 Å². The summed E-state index contributed by atoms with van der Waals surface area (Å²) >= 11 is 4.51. The smallest absolute Gasteiger partial charge is 0.00932 e. The fourth-order valence-corrected chi connectivity index (χ4v) is 3.15.